The van der Waals surface area contributed by atoms with E-state index in [1.807, 2.05) is 0 Å². The van der Waals surface area contributed by atoms with Gasteiger partial charge in [-0.25, -0.2) is 26.3 Å². The van der Waals surface area contributed by atoms with Crippen LogP contribution in [0.25, 0.3) is 0 Å². The molecule has 3 N–H and O–H groups in total. The maximum absolute atomic E-state index is 14.9. The highest BCUT2D eigenvalue weighted by molar-refractivity contribution is 7.88. The molecule has 0 unspecified atom stereocenters. The molecule has 0 bridgehead atoms. The number of ketones is 1. The molecule has 0 aromatic heterocycles. The van der Waals surface area contributed by atoms with Crippen molar-refractivity contribution in [2.45, 2.75) is 18.8 Å². The van der Waals surface area contributed by atoms with Gasteiger partial charge in [-0.05, 0) is 36.2 Å². The summed E-state index contributed by atoms with van der Waals surface area (Å²) in [7, 11) is -3.51. The number of nitrogens with one attached hydrogen (secondary N) is 1. The summed E-state index contributed by atoms with van der Waals surface area (Å²) >= 11 is 0. The summed E-state index contributed by atoms with van der Waals surface area (Å²) in [5.74, 6) is -7.34. The van der Waals surface area contributed by atoms with Gasteiger partial charge in [-0.15, -0.1) is 0 Å². The molecule has 3 atom stereocenters. The van der Waals surface area contributed by atoms with Gasteiger partial charge in [-0.2, -0.15) is 0 Å². The van der Waals surface area contributed by atoms with E-state index in [0.29, 0.717) is 5.56 Å². The van der Waals surface area contributed by atoms with Crippen molar-refractivity contribution in [1.82, 2.24) is 9.62 Å². The average molecular weight is 562 g/mol. The first-order valence-electron chi connectivity index (χ1n) is 12.2. The number of phenolic OH excluding ortho intramolecular Hbond substituents is 2. The van der Waals surface area contributed by atoms with Gasteiger partial charge in [0.15, 0.2) is 28.9 Å². The summed E-state index contributed by atoms with van der Waals surface area (Å²) in [6, 6.07) is 13.1. The molecular formula is C28H28F3N2O5S. The number of Topliss-reactive ketones (excluding diaryl/α,β-unsaturated/α-hetero) is 1. The van der Waals surface area contributed by atoms with E-state index in [2.05, 4.69) is 10.8 Å². The van der Waals surface area contributed by atoms with E-state index in [4.69, 9.17) is 0 Å². The van der Waals surface area contributed by atoms with Crippen LogP contribution in [0.5, 0.6) is 11.5 Å². The third-order valence-electron chi connectivity index (χ3n) is 7.17. The monoisotopic (exact) mass is 561 g/mol. The third kappa shape index (κ3) is 6.10. The molecule has 4 rings (SSSR count). The molecule has 0 saturated carbocycles. The van der Waals surface area contributed by atoms with Gasteiger partial charge in [0.1, 0.15) is 5.82 Å². The number of nitrogens with zero attached hydrogens (tertiary/aromatic N) is 1. The van der Waals surface area contributed by atoms with E-state index in [0.717, 1.165) is 12.3 Å². The predicted octanol–water partition coefficient (Wildman–Crippen LogP) is 3.86. The van der Waals surface area contributed by atoms with Crippen LogP contribution in [0.1, 0.15) is 38.9 Å². The molecule has 0 amide bonds. The Hall–Kier alpha value is -3.41. The Labute approximate surface area is 225 Å². The number of phenols is 2. The van der Waals surface area contributed by atoms with Crippen molar-refractivity contribution in [3.63, 3.8) is 0 Å². The minimum Gasteiger partial charge on any atom is -0.505 e. The molecule has 1 saturated heterocycles. The minimum atomic E-state index is -3.51. The summed E-state index contributed by atoms with van der Waals surface area (Å²) < 4.78 is 69.8. The molecule has 7 nitrogen and oxygen atoms in total. The molecule has 11 heteroatoms. The second-order valence-corrected chi connectivity index (χ2v) is 11.6. The second-order valence-electron chi connectivity index (χ2n) is 9.72. The second kappa shape index (κ2) is 11.4. The molecule has 1 radical (unpaired) electrons. The zero-order chi connectivity index (χ0) is 28.5. The van der Waals surface area contributed by atoms with Crippen molar-refractivity contribution in [2.24, 2.45) is 5.92 Å². The molecule has 1 fully saturated rings. The fourth-order valence-electron chi connectivity index (χ4n) is 5.35. The molecule has 0 spiro atoms. The van der Waals surface area contributed by atoms with Crippen LogP contribution >= 0.6 is 0 Å². The maximum atomic E-state index is 14.9. The first-order chi connectivity index (χ1) is 18.4. The number of piperidine rings is 1. The average Bonchev–Trinajstić information content (AvgIpc) is 2.87. The van der Waals surface area contributed by atoms with E-state index in [-0.39, 0.29) is 42.9 Å². The topological polar surface area (TPSA) is 107 Å². The first-order valence-corrected chi connectivity index (χ1v) is 14.1. The zero-order valence-corrected chi connectivity index (χ0v) is 22.1. The number of rotatable bonds is 8. The number of halogens is 3. The van der Waals surface area contributed by atoms with Gasteiger partial charge in [0.25, 0.3) is 0 Å². The van der Waals surface area contributed by atoms with E-state index < -0.39 is 62.5 Å². The quantitative estimate of drug-likeness (QED) is 0.361. The van der Waals surface area contributed by atoms with Crippen molar-refractivity contribution in [2.75, 3.05) is 32.4 Å². The Morgan fingerprint density at radius 3 is 2.51 bits per heavy atom. The predicted molar refractivity (Wildman–Crippen MR) is 139 cm³/mol. The lowest BCUT2D eigenvalue weighted by atomic mass is 9.67. The molecule has 3 aromatic carbocycles. The standard InChI is InChI=1S/C28H28F3N2O5S/c1-16-17(6-3-9-22(16)29)25-20(18-7-4-10-23(30)28(18)36)14-33(13-12-32-39(2,37)38)15-21(25)27(35)19-8-5-11-24(34)26(19)31/h3-9,11,20-21,25,32,34,36H,12-15H2,1-2H3/t20-,21+,25-/m1/s1. The first kappa shape index (κ1) is 28.6. The Balaban J connectivity index is 1.88. The number of benzene rings is 3. The van der Waals surface area contributed by atoms with Gasteiger partial charge >= 0.3 is 0 Å². The number of likely N-dealkylation sites (tertiary alicyclic amines) is 1. The van der Waals surface area contributed by atoms with E-state index in [1.165, 1.54) is 36.4 Å². The SMILES string of the molecule is Cc1c(F)cccc1[C@H]1[C@@H](C(=O)c2cccc(O)c2F)CN(CCNS(C)(=O)=O)C[C@@H]1c1cc[c]c(F)c1O. The van der Waals surface area contributed by atoms with Crippen molar-refractivity contribution in [3.8, 4) is 11.5 Å². The lowest BCUT2D eigenvalue weighted by Crippen LogP contribution is -2.49. The summed E-state index contributed by atoms with van der Waals surface area (Å²) in [4.78, 5) is 15.7. The lowest BCUT2D eigenvalue weighted by molar-refractivity contribution is 0.0736. The van der Waals surface area contributed by atoms with Crippen LogP contribution in [0.4, 0.5) is 13.2 Å². The smallest absolute Gasteiger partial charge is 0.208 e. The number of hydrogen-bond acceptors (Lipinski definition) is 6. The number of carbonyl (C=O) groups excluding carboxylic acids is 1. The number of hydrogen-bond donors (Lipinski definition) is 3. The number of aromatic hydroxyl groups is 2. The molecule has 207 valence electrons. The van der Waals surface area contributed by atoms with Crippen LogP contribution < -0.4 is 4.72 Å². The van der Waals surface area contributed by atoms with Gasteiger partial charge in [-0.3, -0.25) is 4.79 Å². The molecule has 1 aliphatic heterocycles. The molecule has 3 aromatic rings. The van der Waals surface area contributed by atoms with Crippen LogP contribution in [0.2, 0.25) is 0 Å². The van der Waals surface area contributed by atoms with Gasteiger partial charge in [0.05, 0.1) is 11.8 Å². The van der Waals surface area contributed by atoms with Gasteiger partial charge < -0.3 is 15.1 Å². The zero-order valence-electron chi connectivity index (χ0n) is 21.3. The number of sulfonamides is 1. The Bertz CT molecular complexity index is 1500. The summed E-state index contributed by atoms with van der Waals surface area (Å²) in [6.07, 6.45) is 1.01. The van der Waals surface area contributed by atoms with E-state index in [1.54, 1.807) is 17.9 Å². The van der Waals surface area contributed by atoms with E-state index in [9.17, 15) is 36.6 Å². The van der Waals surface area contributed by atoms with Crippen LogP contribution in [-0.2, 0) is 10.0 Å². The number of carbonyl (C=O) groups is 1. The highest BCUT2D eigenvalue weighted by atomic mass is 32.2. The summed E-state index contributed by atoms with van der Waals surface area (Å²) in [6.45, 7) is 1.86. The van der Waals surface area contributed by atoms with Crippen molar-refractivity contribution in [1.29, 1.82) is 0 Å². The highest BCUT2D eigenvalue weighted by Gasteiger charge is 2.44. The largest absolute Gasteiger partial charge is 0.505 e. The molecule has 1 aliphatic rings. The Morgan fingerprint density at radius 1 is 1.08 bits per heavy atom. The molecular weight excluding hydrogens is 533 g/mol. The summed E-state index contributed by atoms with van der Waals surface area (Å²) in [5, 5.41) is 20.6. The van der Waals surface area contributed by atoms with Crippen molar-refractivity contribution in [3.05, 3.63) is 94.3 Å². The van der Waals surface area contributed by atoms with Crippen LogP contribution in [-0.4, -0.2) is 61.7 Å². The molecule has 0 aliphatic carbocycles. The van der Waals surface area contributed by atoms with Crippen LogP contribution in [0.15, 0.2) is 48.5 Å². The van der Waals surface area contributed by atoms with Gasteiger partial charge in [0.2, 0.25) is 10.0 Å². The van der Waals surface area contributed by atoms with Crippen LogP contribution in [0, 0.1) is 36.4 Å². The molecule has 39 heavy (non-hydrogen) atoms. The lowest BCUT2D eigenvalue weighted by Gasteiger charge is -2.44. The Morgan fingerprint density at radius 2 is 1.79 bits per heavy atom. The van der Waals surface area contributed by atoms with E-state index >= 15 is 0 Å². The highest BCUT2D eigenvalue weighted by Crippen LogP contribution is 2.48. The van der Waals surface area contributed by atoms with Crippen LogP contribution in [0.3, 0.4) is 0 Å². The Kier molecular flexibility index (Phi) is 8.34. The van der Waals surface area contributed by atoms with Gasteiger partial charge in [-0.1, -0.05) is 30.3 Å². The van der Waals surface area contributed by atoms with Crippen molar-refractivity contribution < 1.29 is 36.6 Å². The minimum absolute atomic E-state index is 0.000476. The fourth-order valence-corrected chi connectivity index (χ4v) is 5.82. The van der Waals surface area contributed by atoms with Crippen molar-refractivity contribution >= 4 is 15.8 Å². The molecule has 1 heterocycles. The fraction of sp³-hybridized carbons (Fsp3) is 0.321. The normalized spacial score (nSPS) is 20.2. The summed E-state index contributed by atoms with van der Waals surface area (Å²) in [5.41, 5.74) is 0.456. The maximum Gasteiger partial charge on any atom is 0.208 e. The van der Waals surface area contributed by atoms with Gasteiger partial charge in [0, 0.05) is 55.6 Å². The third-order valence-corrected chi connectivity index (χ3v) is 7.90.